The van der Waals surface area contributed by atoms with Crippen molar-refractivity contribution in [2.24, 2.45) is 0 Å². The third-order valence-corrected chi connectivity index (χ3v) is 5.42. The molecule has 1 N–H and O–H groups in total. The second-order valence-electron chi connectivity index (χ2n) is 5.60. The van der Waals surface area contributed by atoms with Crippen LogP contribution in [-0.4, -0.2) is 17.8 Å². The van der Waals surface area contributed by atoms with Gasteiger partial charge in [0.25, 0.3) is 10.0 Å². The number of anilines is 1. The van der Waals surface area contributed by atoms with Crippen molar-refractivity contribution in [2.45, 2.75) is 24.7 Å². The van der Waals surface area contributed by atoms with Crippen LogP contribution in [0.1, 0.15) is 25.6 Å². The van der Waals surface area contributed by atoms with Gasteiger partial charge in [-0.2, -0.15) is 4.37 Å². The lowest BCUT2D eigenvalue weighted by molar-refractivity contribution is 0.482. The van der Waals surface area contributed by atoms with Gasteiger partial charge >= 0.3 is 0 Å². The molecule has 0 atom stereocenters. The molecule has 0 radical (unpaired) electrons. The Kier molecular flexibility index (Phi) is 5.00. The SMILES string of the molecule is CC(C)c1nsc(NS(=O)(=O)c2ccc(Oc3ccccc3)cc2)n1. The van der Waals surface area contributed by atoms with Gasteiger partial charge in [-0.05, 0) is 36.4 Å². The number of nitrogens with one attached hydrogen (secondary N) is 1. The fourth-order valence-corrected chi connectivity index (χ4v) is 3.93. The Balaban J connectivity index is 1.73. The molecule has 25 heavy (non-hydrogen) atoms. The number of para-hydroxylation sites is 1. The van der Waals surface area contributed by atoms with Crippen molar-refractivity contribution >= 4 is 26.7 Å². The Morgan fingerprint density at radius 2 is 1.64 bits per heavy atom. The second kappa shape index (κ2) is 7.20. The van der Waals surface area contributed by atoms with E-state index in [1.807, 2.05) is 44.2 Å². The molecule has 2 aromatic carbocycles. The van der Waals surface area contributed by atoms with E-state index in [4.69, 9.17) is 4.74 Å². The van der Waals surface area contributed by atoms with Crippen molar-refractivity contribution in [1.82, 2.24) is 9.36 Å². The topological polar surface area (TPSA) is 81.2 Å². The Labute approximate surface area is 150 Å². The van der Waals surface area contributed by atoms with Gasteiger partial charge in [-0.1, -0.05) is 32.0 Å². The molecule has 0 amide bonds. The lowest BCUT2D eigenvalue weighted by Gasteiger charge is -2.08. The average Bonchev–Trinajstić information content (AvgIpc) is 3.04. The number of hydrogen-bond acceptors (Lipinski definition) is 6. The molecule has 0 bridgehead atoms. The van der Waals surface area contributed by atoms with Crippen LogP contribution in [0.25, 0.3) is 0 Å². The molecule has 1 aromatic heterocycles. The summed E-state index contributed by atoms with van der Waals surface area (Å²) in [7, 11) is -3.71. The zero-order valence-corrected chi connectivity index (χ0v) is 15.3. The van der Waals surface area contributed by atoms with Gasteiger partial charge in [0.2, 0.25) is 5.13 Å². The Hall–Kier alpha value is -2.45. The summed E-state index contributed by atoms with van der Waals surface area (Å²) in [6, 6.07) is 15.5. The van der Waals surface area contributed by atoms with Crippen LogP contribution in [-0.2, 0) is 10.0 Å². The van der Waals surface area contributed by atoms with Gasteiger partial charge in [-0.15, -0.1) is 0 Å². The molecule has 0 aliphatic rings. The summed E-state index contributed by atoms with van der Waals surface area (Å²) < 4.78 is 37.1. The van der Waals surface area contributed by atoms with Crippen LogP contribution >= 0.6 is 11.5 Å². The highest BCUT2D eigenvalue weighted by Gasteiger charge is 2.17. The van der Waals surface area contributed by atoms with Gasteiger partial charge in [0.05, 0.1) is 4.90 Å². The van der Waals surface area contributed by atoms with E-state index in [2.05, 4.69) is 14.1 Å². The second-order valence-corrected chi connectivity index (χ2v) is 8.04. The van der Waals surface area contributed by atoms with Crippen LogP contribution in [0.15, 0.2) is 59.5 Å². The first-order chi connectivity index (χ1) is 11.9. The van der Waals surface area contributed by atoms with E-state index in [0.717, 1.165) is 11.5 Å². The maximum atomic E-state index is 12.4. The van der Waals surface area contributed by atoms with Crippen LogP contribution in [0.4, 0.5) is 5.13 Å². The first-order valence-corrected chi connectivity index (χ1v) is 9.89. The monoisotopic (exact) mass is 375 g/mol. The molecule has 0 saturated heterocycles. The van der Waals surface area contributed by atoms with Crippen molar-refractivity contribution < 1.29 is 13.2 Å². The van der Waals surface area contributed by atoms with E-state index < -0.39 is 10.0 Å². The van der Waals surface area contributed by atoms with E-state index in [0.29, 0.717) is 17.3 Å². The number of nitrogens with zero attached hydrogens (tertiary/aromatic N) is 2. The minimum Gasteiger partial charge on any atom is -0.457 e. The molecule has 0 aliphatic carbocycles. The van der Waals surface area contributed by atoms with Crippen molar-refractivity contribution in [3.63, 3.8) is 0 Å². The quantitative estimate of drug-likeness (QED) is 0.696. The molecular formula is C17H17N3O3S2. The lowest BCUT2D eigenvalue weighted by Crippen LogP contribution is -2.12. The highest BCUT2D eigenvalue weighted by atomic mass is 32.2. The highest BCUT2D eigenvalue weighted by Crippen LogP contribution is 2.24. The van der Waals surface area contributed by atoms with Gasteiger partial charge in [0.1, 0.15) is 17.3 Å². The minimum atomic E-state index is -3.71. The highest BCUT2D eigenvalue weighted by molar-refractivity contribution is 7.93. The molecule has 3 rings (SSSR count). The normalized spacial score (nSPS) is 11.5. The molecule has 3 aromatic rings. The number of sulfonamides is 1. The first kappa shape index (κ1) is 17.4. The van der Waals surface area contributed by atoms with Gasteiger partial charge in [-0.25, -0.2) is 13.4 Å². The molecule has 6 nitrogen and oxygen atoms in total. The van der Waals surface area contributed by atoms with E-state index in [-0.39, 0.29) is 15.9 Å². The fraction of sp³-hybridized carbons (Fsp3) is 0.176. The zero-order chi connectivity index (χ0) is 17.9. The maximum absolute atomic E-state index is 12.4. The molecule has 0 spiro atoms. The van der Waals surface area contributed by atoms with Crippen LogP contribution in [0, 0.1) is 0 Å². The largest absolute Gasteiger partial charge is 0.457 e. The third-order valence-electron chi connectivity index (χ3n) is 3.29. The molecule has 0 fully saturated rings. The molecule has 8 heteroatoms. The maximum Gasteiger partial charge on any atom is 0.263 e. The summed E-state index contributed by atoms with van der Waals surface area (Å²) >= 11 is 1.03. The van der Waals surface area contributed by atoms with Gasteiger partial charge in [0.15, 0.2) is 0 Å². The molecule has 0 saturated carbocycles. The lowest BCUT2D eigenvalue weighted by atomic mass is 10.2. The number of aromatic nitrogens is 2. The van der Waals surface area contributed by atoms with E-state index in [1.165, 1.54) is 12.1 Å². The van der Waals surface area contributed by atoms with E-state index in [9.17, 15) is 8.42 Å². The van der Waals surface area contributed by atoms with Crippen molar-refractivity contribution in [1.29, 1.82) is 0 Å². The zero-order valence-electron chi connectivity index (χ0n) is 13.7. The summed E-state index contributed by atoms with van der Waals surface area (Å²) in [5.41, 5.74) is 0. The van der Waals surface area contributed by atoms with Crippen molar-refractivity contribution in [3.05, 3.63) is 60.4 Å². The molecule has 1 heterocycles. The molecule has 130 valence electrons. The number of benzene rings is 2. The first-order valence-electron chi connectivity index (χ1n) is 7.63. The summed E-state index contributed by atoms with van der Waals surface area (Å²) in [6.07, 6.45) is 0. The molecule has 0 aliphatic heterocycles. The van der Waals surface area contributed by atoms with Gasteiger partial charge in [0, 0.05) is 17.5 Å². The van der Waals surface area contributed by atoms with E-state index >= 15 is 0 Å². The Morgan fingerprint density at radius 3 is 2.24 bits per heavy atom. The predicted octanol–water partition coefficient (Wildman–Crippen LogP) is 4.25. The summed E-state index contributed by atoms with van der Waals surface area (Å²) in [4.78, 5) is 4.32. The minimum absolute atomic E-state index is 0.134. The van der Waals surface area contributed by atoms with Crippen LogP contribution < -0.4 is 9.46 Å². The number of hydrogen-bond donors (Lipinski definition) is 1. The number of rotatable bonds is 6. The van der Waals surface area contributed by atoms with Crippen molar-refractivity contribution in [3.8, 4) is 11.5 Å². The molecule has 0 unspecified atom stereocenters. The number of ether oxygens (including phenoxy) is 1. The summed E-state index contributed by atoms with van der Waals surface area (Å²) in [6.45, 7) is 3.90. The van der Waals surface area contributed by atoms with Gasteiger partial charge < -0.3 is 4.74 Å². The molecular weight excluding hydrogens is 358 g/mol. The van der Waals surface area contributed by atoms with E-state index in [1.54, 1.807) is 12.1 Å². The third kappa shape index (κ3) is 4.34. The van der Waals surface area contributed by atoms with Crippen molar-refractivity contribution in [2.75, 3.05) is 4.72 Å². The van der Waals surface area contributed by atoms with Gasteiger partial charge in [-0.3, -0.25) is 4.72 Å². The summed E-state index contributed by atoms with van der Waals surface area (Å²) in [5.74, 6) is 2.01. The van der Waals surface area contributed by atoms with Crippen LogP contribution in [0.5, 0.6) is 11.5 Å². The standard InChI is InChI=1S/C17H17N3O3S2/c1-12(2)16-18-17(24-19-16)20-25(21,22)15-10-8-14(9-11-15)23-13-6-4-3-5-7-13/h3-12H,1-2H3,(H,18,19,20). The summed E-state index contributed by atoms with van der Waals surface area (Å²) in [5, 5.41) is 0.258. The predicted molar refractivity (Wildman–Crippen MR) is 97.8 cm³/mol. The Bertz CT molecular complexity index is 937. The average molecular weight is 375 g/mol. The fourth-order valence-electron chi connectivity index (χ4n) is 2.00. The van der Waals surface area contributed by atoms with Crippen LogP contribution in [0.3, 0.4) is 0 Å². The van der Waals surface area contributed by atoms with Crippen LogP contribution in [0.2, 0.25) is 0 Å². The Morgan fingerprint density at radius 1 is 1.00 bits per heavy atom. The smallest absolute Gasteiger partial charge is 0.263 e.